The van der Waals surface area contributed by atoms with E-state index < -0.39 is 0 Å². The summed E-state index contributed by atoms with van der Waals surface area (Å²) in [4.78, 5) is 23.4. The van der Waals surface area contributed by atoms with Crippen molar-refractivity contribution in [3.05, 3.63) is 40.3 Å². The Kier molecular flexibility index (Phi) is 3.94. The van der Waals surface area contributed by atoms with Crippen LogP contribution in [0, 0.1) is 0 Å². The van der Waals surface area contributed by atoms with Crippen LogP contribution < -0.4 is 10.9 Å². The molecule has 0 saturated heterocycles. The van der Waals surface area contributed by atoms with Crippen molar-refractivity contribution in [2.45, 2.75) is 26.3 Å². The van der Waals surface area contributed by atoms with Gasteiger partial charge in [-0.15, -0.1) is 0 Å². The Hall–Kier alpha value is -2.17. The third kappa shape index (κ3) is 2.81. The van der Waals surface area contributed by atoms with Crippen LogP contribution in [0.2, 0.25) is 0 Å². The van der Waals surface area contributed by atoms with Gasteiger partial charge in [-0.05, 0) is 12.5 Å². The molecule has 2 rings (SSSR count). The van der Waals surface area contributed by atoms with Gasteiger partial charge in [-0.1, -0.05) is 25.1 Å². The maximum atomic E-state index is 11.9. The summed E-state index contributed by atoms with van der Waals surface area (Å²) in [6.07, 6.45) is 1.32. The van der Waals surface area contributed by atoms with E-state index in [1.807, 2.05) is 25.1 Å². The topological polar surface area (TPSA) is 64.0 Å². The molecule has 1 heterocycles. The van der Waals surface area contributed by atoms with Gasteiger partial charge in [-0.25, -0.2) is 4.68 Å². The molecule has 0 unspecified atom stereocenters. The van der Waals surface area contributed by atoms with Gasteiger partial charge in [-0.3, -0.25) is 9.59 Å². The lowest BCUT2D eigenvalue weighted by Gasteiger charge is -2.09. The van der Waals surface area contributed by atoms with Crippen molar-refractivity contribution in [2.24, 2.45) is 7.05 Å². The van der Waals surface area contributed by atoms with Crippen LogP contribution in [0.4, 0.5) is 0 Å². The Balaban J connectivity index is 2.36. The molecule has 19 heavy (non-hydrogen) atoms. The molecule has 0 atom stereocenters. The Labute approximate surface area is 111 Å². The van der Waals surface area contributed by atoms with Gasteiger partial charge in [-0.2, -0.15) is 5.10 Å². The molecule has 0 aliphatic rings. The molecule has 2 aromatic rings. The van der Waals surface area contributed by atoms with E-state index in [1.54, 1.807) is 13.1 Å². The number of aryl methyl sites for hydroxylation is 1. The standard InChI is InChI=1S/C14H17N3O2/c1-3-6-13(18)15-9-12-10-7-4-5-8-11(10)14(19)17(2)16-12/h4-5,7-8H,3,6,9H2,1-2H3,(H,15,18). The molecule has 0 fully saturated rings. The zero-order chi connectivity index (χ0) is 13.8. The maximum Gasteiger partial charge on any atom is 0.274 e. The van der Waals surface area contributed by atoms with Crippen LogP contribution in [0.3, 0.4) is 0 Å². The number of aromatic nitrogens is 2. The zero-order valence-corrected chi connectivity index (χ0v) is 11.1. The van der Waals surface area contributed by atoms with Gasteiger partial charge in [0.05, 0.1) is 17.6 Å². The summed E-state index contributed by atoms with van der Waals surface area (Å²) in [7, 11) is 1.62. The fourth-order valence-electron chi connectivity index (χ4n) is 2.00. The minimum absolute atomic E-state index is 0.00207. The van der Waals surface area contributed by atoms with Crippen molar-refractivity contribution in [1.29, 1.82) is 0 Å². The largest absolute Gasteiger partial charge is 0.350 e. The molecular weight excluding hydrogens is 242 g/mol. The van der Waals surface area contributed by atoms with Gasteiger partial charge in [0.15, 0.2) is 0 Å². The first kappa shape index (κ1) is 13.3. The second-order valence-electron chi connectivity index (χ2n) is 4.45. The van der Waals surface area contributed by atoms with E-state index in [2.05, 4.69) is 10.4 Å². The first-order valence-electron chi connectivity index (χ1n) is 6.35. The van der Waals surface area contributed by atoms with Crippen LogP contribution >= 0.6 is 0 Å². The number of carbonyl (C=O) groups is 1. The summed E-state index contributed by atoms with van der Waals surface area (Å²) in [6.45, 7) is 2.30. The highest BCUT2D eigenvalue weighted by atomic mass is 16.1. The number of nitrogens with zero attached hydrogens (tertiary/aromatic N) is 2. The summed E-state index contributed by atoms with van der Waals surface area (Å²) in [5.41, 5.74) is 0.585. The van der Waals surface area contributed by atoms with E-state index in [0.29, 0.717) is 24.0 Å². The predicted molar refractivity (Wildman–Crippen MR) is 73.7 cm³/mol. The van der Waals surface area contributed by atoms with E-state index in [4.69, 9.17) is 0 Å². The van der Waals surface area contributed by atoms with Crippen LogP contribution in [-0.4, -0.2) is 15.7 Å². The van der Waals surface area contributed by atoms with Crippen molar-refractivity contribution < 1.29 is 4.79 Å². The lowest BCUT2D eigenvalue weighted by Crippen LogP contribution is -2.27. The number of fused-ring (bicyclic) bond motifs is 1. The highest BCUT2D eigenvalue weighted by molar-refractivity contribution is 5.84. The van der Waals surface area contributed by atoms with Gasteiger partial charge in [0.2, 0.25) is 5.91 Å². The maximum absolute atomic E-state index is 11.9. The number of carbonyl (C=O) groups excluding carboxylic acids is 1. The molecule has 1 amide bonds. The van der Waals surface area contributed by atoms with Crippen molar-refractivity contribution in [3.63, 3.8) is 0 Å². The third-order valence-electron chi connectivity index (χ3n) is 2.96. The summed E-state index contributed by atoms with van der Waals surface area (Å²) in [5, 5.41) is 8.46. The van der Waals surface area contributed by atoms with Gasteiger partial charge in [0, 0.05) is 18.9 Å². The summed E-state index contributed by atoms with van der Waals surface area (Å²) < 4.78 is 1.31. The fraction of sp³-hybridized carbons (Fsp3) is 0.357. The van der Waals surface area contributed by atoms with Gasteiger partial charge < -0.3 is 5.32 Å². The minimum Gasteiger partial charge on any atom is -0.350 e. The number of benzene rings is 1. The predicted octanol–water partition coefficient (Wildman–Crippen LogP) is 1.35. The Bertz CT molecular complexity index is 661. The van der Waals surface area contributed by atoms with Gasteiger partial charge in [0.25, 0.3) is 5.56 Å². The van der Waals surface area contributed by atoms with Crippen LogP contribution in [0.25, 0.3) is 10.8 Å². The highest BCUT2D eigenvalue weighted by Gasteiger charge is 2.09. The minimum atomic E-state index is -0.126. The van der Waals surface area contributed by atoms with Crippen LogP contribution in [0.1, 0.15) is 25.5 Å². The molecule has 100 valence electrons. The van der Waals surface area contributed by atoms with Crippen molar-refractivity contribution in [3.8, 4) is 0 Å². The molecular formula is C14H17N3O2. The van der Waals surface area contributed by atoms with Crippen molar-refractivity contribution in [1.82, 2.24) is 15.1 Å². The number of hydrogen-bond donors (Lipinski definition) is 1. The number of hydrogen-bond acceptors (Lipinski definition) is 3. The molecule has 0 saturated carbocycles. The molecule has 5 heteroatoms. The molecule has 1 N–H and O–H groups in total. The first-order chi connectivity index (χ1) is 9.13. The Morgan fingerprint density at radius 1 is 1.32 bits per heavy atom. The molecule has 0 aliphatic carbocycles. The van der Waals surface area contributed by atoms with E-state index >= 15 is 0 Å². The number of amides is 1. The quantitative estimate of drug-likeness (QED) is 0.901. The second kappa shape index (κ2) is 5.65. The molecule has 5 nitrogen and oxygen atoms in total. The molecule has 1 aromatic carbocycles. The second-order valence-corrected chi connectivity index (χ2v) is 4.45. The average molecular weight is 259 g/mol. The van der Waals surface area contributed by atoms with Gasteiger partial charge >= 0.3 is 0 Å². The number of nitrogens with one attached hydrogen (secondary N) is 1. The van der Waals surface area contributed by atoms with E-state index in [9.17, 15) is 9.59 Å². The third-order valence-corrected chi connectivity index (χ3v) is 2.96. The van der Waals surface area contributed by atoms with E-state index in [-0.39, 0.29) is 11.5 Å². The first-order valence-corrected chi connectivity index (χ1v) is 6.35. The van der Waals surface area contributed by atoms with Crippen molar-refractivity contribution >= 4 is 16.7 Å². The molecule has 0 radical (unpaired) electrons. The summed E-state index contributed by atoms with van der Waals surface area (Å²) in [5.74, 6) is 0.00207. The lowest BCUT2D eigenvalue weighted by atomic mass is 10.1. The monoisotopic (exact) mass is 259 g/mol. The molecule has 0 aliphatic heterocycles. The normalized spacial score (nSPS) is 10.6. The molecule has 0 spiro atoms. The Morgan fingerprint density at radius 2 is 2.00 bits per heavy atom. The van der Waals surface area contributed by atoms with E-state index in [0.717, 1.165) is 11.8 Å². The molecule has 0 bridgehead atoms. The smallest absolute Gasteiger partial charge is 0.274 e. The zero-order valence-electron chi connectivity index (χ0n) is 11.1. The number of rotatable bonds is 4. The van der Waals surface area contributed by atoms with Crippen LogP contribution in [-0.2, 0) is 18.4 Å². The van der Waals surface area contributed by atoms with Crippen LogP contribution in [0.5, 0.6) is 0 Å². The van der Waals surface area contributed by atoms with Gasteiger partial charge in [0.1, 0.15) is 0 Å². The van der Waals surface area contributed by atoms with E-state index in [1.165, 1.54) is 4.68 Å². The molecule has 1 aromatic heterocycles. The fourth-order valence-corrected chi connectivity index (χ4v) is 2.00. The van der Waals surface area contributed by atoms with Crippen LogP contribution in [0.15, 0.2) is 29.1 Å². The average Bonchev–Trinajstić information content (AvgIpc) is 2.42. The van der Waals surface area contributed by atoms with Crippen molar-refractivity contribution in [2.75, 3.05) is 0 Å². The highest BCUT2D eigenvalue weighted by Crippen LogP contribution is 2.12. The Morgan fingerprint density at radius 3 is 2.68 bits per heavy atom. The summed E-state index contributed by atoms with van der Waals surface area (Å²) in [6, 6.07) is 7.31. The summed E-state index contributed by atoms with van der Waals surface area (Å²) >= 11 is 0. The lowest BCUT2D eigenvalue weighted by molar-refractivity contribution is -0.121. The SMILES string of the molecule is CCCC(=O)NCc1nn(C)c(=O)c2ccccc12.